The van der Waals surface area contributed by atoms with Crippen molar-refractivity contribution in [2.45, 2.75) is 20.8 Å². The largest absolute Gasteiger partial charge is 0.478 e. The number of likely N-dealkylation sites (N-methyl/N-ethyl adjacent to an activating group) is 1. The predicted molar refractivity (Wildman–Crippen MR) is 66.5 cm³/mol. The van der Waals surface area contributed by atoms with Gasteiger partial charge in [0.05, 0.1) is 5.69 Å². The van der Waals surface area contributed by atoms with E-state index in [9.17, 15) is 9.90 Å². The van der Waals surface area contributed by atoms with Gasteiger partial charge in [-0.1, -0.05) is 6.08 Å². The Bertz CT molecular complexity index is 444. The van der Waals surface area contributed by atoms with Gasteiger partial charge in [-0.25, -0.2) is 4.79 Å². The average molecular weight is 235 g/mol. The van der Waals surface area contributed by atoms with Gasteiger partial charge in [0.15, 0.2) is 5.82 Å². The van der Waals surface area contributed by atoms with Crippen LogP contribution in [0.3, 0.4) is 0 Å². The molecule has 5 nitrogen and oxygen atoms in total. The first-order valence-corrected chi connectivity index (χ1v) is 5.45. The molecule has 17 heavy (non-hydrogen) atoms. The molecule has 0 amide bonds. The lowest BCUT2D eigenvalue weighted by atomic mass is 10.1. The van der Waals surface area contributed by atoms with Crippen LogP contribution in [0.15, 0.2) is 12.7 Å². The van der Waals surface area contributed by atoms with Crippen LogP contribution in [0.1, 0.15) is 28.5 Å². The molecule has 1 heterocycles. The molecule has 0 spiro atoms. The van der Waals surface area contributed by atoms with Crippen LogP contribution < -0.4 is 4.90 Å². The molecule has 0 atom stereocenters. The fourth-order valence-electron chi connectivity index (χ4n) is 1.59. The number of aromatic carboxylic acids is 1. The molecule has 0 saturated heterocycles. The van der Waals surface area contributed by atoms with Crippen molar-refractivity contribution < 1.29 is 9.90 Å². The summed E-state index contributed by atoms with van der Waals surface area (Å²) in [6.45, 7) is 10.3. The lowest BCUT2D eigenvalue weighted by Gasteiger charge is -2.22. The molecule has 0 bridgehead atoms. The van der Waals surface area contributed by atoms with Crippen molar-refractivity contribution in [1.29, 1.82) is 0 Å². The normalized spacial score (nSPS) is 10.1. The van der Waals surface area contributed by atoms with Gasteiger partial charge in [0.2, 0.25) is 0 Å². The van der Waals surface area contributed by atoms with Crippen LogP contribution in [-0.2, 0) is 0 Å². The molecule has 0 aromatic carbocycles. The summed E-state index contributed by atoms with van der Waals surface area (Å²) in [4.78, 5) is 13.1. The van der Waals surface area contributed by atoms with Gasteiger partial charge in [0, 0.05) is 13.1 Å². The Morgan fingerprint density at radius 3 is 2.59 bits per heavy atom. The number of carbonyl (C=O) groups is 1. The lowest BCUT2D eigenvalue weighted by molar-refractivity contribution is 0.0696. The first kappa shape index (κ1) is 13.2. The van der Waals surface area contributed by atoms with Gasteiger partial charge < -0.3 is 10.0 Å². The van der Waals surface area contributed by atoms with E-state index in [1.807, 2.05) is 11.8 Å². The van der Waals surface area contributed by atoms with Crippen molar-refractivity contribution in [3.05, 3.63) is 29.5 Å². The average Bonchev–Trinajstić information content (AvgIpc) is 2.29. The van der Waals surface area contributed by atoms with E-state index in [0.29, 0.717) is 30.2 Å². The van der Waals surface area contributed by atoms with Crippen molar-refractivity contribution >= 4 is 11.8 Å². The Kier molecular flexibility index (Phi) is 4.20. The summed E-state index contributed by atoms with van der Waals surface area (Å²) in [5.41, 5.74) is 1.52. The van der Waals surface area contributed by atoms with Gasteiger partial charge in [-0.15, -0.1) is 11.7 Å². The van der Waals surface area contributed by atoms with E-state index in [-0.39, 0.29) is 5.56 Å². The van der Waals surface area contributed by atoms with Gasteiger partial charge in [0.25, 0.3) is 0 Å². The zero-order valence-electron chi connectivity index (χ0n) is 10.4. The highest BCUT2D eigenvalue weighted by molar-refractivity contribution is 5.95. The van der Waals surface area contributed by atoms with Crippen LogP contribution in [0.4, 0.5) is 5.82 Å². The van der Waals surface area contributed by atoms with E-state index in [2.05, 4.69) is 16.8 Å². The molecule has 1 N–H and O–H groups in total. The maximum Gasteiger partial charge on any atom is 0.339 e. The minimum Gasteiger partial charge on any atom is -0.478 e. The first-order valence-electron chi connectivity index (χ1n) is 5.45. The molecule has 0 aliphatic heterocycles. The molecule has 0 fully saturated rings. The van der Waals surface area contributed by atoms with Crippen LogP contribution in [0.2, 0.25) is 0 Å². The fourth-order valence-corrected chi connectivity index (χ4v) is 1.59. The van der Waals surface area contributed by atoms with Crippen molar-refractivity contribution in [3.63, 3.8) is 0 Å². The molecule has 0 radical (unpaired) electrons. The number of hydrogen-bond acceptors (Lipinski definition) is 4. The van der Waals surface area contributed by atoms with Crippen molar-refractivity contribution in [3.8, 4) is 0 Å². The van der Waals surface area contributed by atoms with Gasteiger partial charge in [-0.05, 0) is 26.3 Å². The van der Waals surface area contributed by atoms with E-state index in [1.165, 1.54) is 0 Å². The summed E-state index contributed by atoms with van der Waals surface area (Å²) in [6.07, 6.45) is 1.71. The van der Waals surface area contributed by atoms with E-state index in [4.69, 9.17) is 0 Å². The third-order valence-corrected chi connectivity index (χ3v) is 2.68. The second-order valence-electron chi connectivity index (χ2n) is 3.74. The molecule has 1 aromatic rings. The highest BCUT2D eigenvalue weighted by atomic mass is 16.4. The molecular formula is C12H17N3O2. The van der Waals surface area contributed by atoms with Gasteiger partial charge in [-0.2, -0.15) is 5.10 Å². The molecule has 0 unspecified atom stereocenters. The highest BCUT2D eigenvalue weighted by Crippen LogP contribution is 2.21. The van der Waals surface area contributed by atoms with Gasteiger partial charge in [-0.3, -0.25) is 0 Å². The SMILES string of the molecule is C=CCN(CC)c1nnc(C)c(C)c1C(=O)O. The van der Waals surface area contributed by atoms with Crippen molar-refractivity contribution in [1.82, 2.24) is 10.2 Å². The summed E-state index contributed by atoms with van der Waals surface area (Å²) in [6, 6.07) is 0. The number of aryl methyl sites for hydroxylation is 1. The number of nitrogens with zero attached hydrogens (tertiary/aromatic N) is 3. The Hall–Kier alpha value is -1.91. The third kappa shape index (κ3) is 2.61. The number of hydrogen-bond donors (Lipinski definition) is 1. The van der Waals surface area contributed by atoms with Crippen LogP contribution in [-0.4, -0.2) is 34.4 Å². The molecule has 5 heteroatoms. The minimum atomic E-state index is -0.974. The van der Waals surface area contributed by atoms with Gasteiger partial charge in [0.1, 0.15) is 5.56 Å². The molecule has 92 valence electrons. The highest BCUT2D eigenvalue weighted by Gasteiger charge is 2.20. The van der Waals surface area contributed by atoms with Crippen LogP contribution >= 0.6 is 0 Å². The Morgan fingerprint density at radius 1 is 1.47 bits per heavy atom. The quantitative estimate of drug-likeness (QED) is 0.788. The number of anilines is 1. The molecule has 1 aromatic heterocycles. The summed E-state index contributed by atoms with van der Waals surface area (Å²) >= 11 is 0. The fraction of sp³-hybridized carbons (Fsp3) is 0.417. The zero-order chi connectivity index (χ0) is 13.0. The third-order valence-electron chi connectivity index (χ3n) is 2.68. The number of aromatic nitrogens is 2. The summed E-state index contributed by atoms with van der Waals surface area (Å²) in [5.74, 6) is -0.569. The van der Waals surface area contributed by atoms with Crippen molar-refractivity contribution in [2.24, 2.45) is 0 Å². The second-order valence-corrected chi connectivity index (χ2v) is 3.74. The Balaban J connectivity index is 3.36. The van der Waals surface area contributed by atoms with Crippen LogP contribution in [0, 0.1) is 13.8 Å². The number of carboxylic acid groups (broad SMARTS) is 1. The minimum absolute atomic E-state index is 0.223. The Labute approximate surface area is 101 Å². The van der Waals surface area contributed by atoms with E-state index in [0.717, 1.165) is 0 Å². The van der Waals surface area contributed by atoms with E-state index in [1.54, 1.807) is 19.9 Å². The second kappa shape index (κ2) is 5.43. The van der Waals surface area contributed by atoms with Crippen LogP contribution in [0.25, 0.3) is 0 Å². The number of carboxylic acids is 1. The molecular weight excluding hydrogens is 218 g/mol. The van der Waals surface area contributed by atoms with Crippen molar-refractivity contribution in [2.75, 3.05) is 18.0 Å². The summed E-state index contributed by atoms with van der Waals surface area (Å²) in [7, 11) is 0. The van der Waals surface area contributed by atoms with E-state index >= 15 is 0 Å². The smallest absolute Gasteiger partial charge is 0.339 e. The van der Waals surface area contributed by atoms with Crippen LogP contribution in [0.5, 0.6) is 0 Å². The molecule has 0 saturated carbocycles. The maximum atomic E-state index is 11.3. The summed E-state index contributed by atoms with van der Waals surface area (Å²) < 4.78 is 0. The number of rotatable bonds is 5. The van der Waals surface area contributed by atoms with Gasteiger partial charge >= 0.3 is 5.97 Å². The molecule has 1 rings (SSSR count). The standard InChI is InChI=1S/C12H17N3O2/c1-5-7-15(6-2)11-10(12(16)17)8(3)9(4)13-14-11/h5H,1,6-7H2,2-4H3,(H,16,17). The summed E-state index contributed by atoms with van der Waals surface area (Å²) in [5, 5.41) is 17.2. The topological polar surface area (TPSA) is 66.3 Å². The monoisotopic (exact) mass is 235 g/mol. The molecule has 0 aliphatic carbocycles. The molecule has 0 aliphatic rings. The van der Waals surface area contributed by atoms with E-state index < -0.39 is 5.97 Å². The first-order chi connectivity index (χ1) is 8.02. The zero-order valence-corrected chi connectivity index (χ0v) is 10.4. The predicted octanol–water partition coefficient (Wildman–Crippen LogP) is 1.80. The lowest BCUT2D eigenvalue weighted by Crippen LogP contribution is -2.27. The Morgan fingerprint density at radius 2 is 2.12 bits per heavy atom. The maximum absolute atomic E-state index is 11.3.